The maximum absolute atomic E-state index is 12.7. The van der Waals surface area contributed by atoms with Gasteiger partial charge < -0.3 is 10.2 Å². The van der Waals surface area contributed by atoms with E-state index in [-0.39, 0.29) is 6.42 Å². The monoisotopic (exact) mass is 204 g/mol. The average Bonchev–Trinajstić information content (AvgIpc) is 2.07. The van der Waals surface area contributed by atoms with Crippen LogP contribution in [0.5, 0.6) is 0 Å². The number of aliphatic carboxylic acids is 1. The lowest BCUT2D eigenvalue weighted by atomic mass is 9.84. The van der Waals surface area contributed by atoms with E-state index >= 15 is 0 Å². The Hall–Kier alpha value is -0.640. The first-order chi connectivity index (χ1) is 6.58. The third kappa shape index (κ3) is 4.05. The van der Waals surface area contributed by atoms with Crippen LogP contribution in [0.4, 0.5) is 4.39 Å². The van der Waals surface area contributed by atoms with E-state index in [1.54, 1.807) is 0 Å². The molecular weight excluding hydrogens is 187 g/mol. The minimum atomic E-state index is -0.975. The first kappa shape index (κ1) is 11.4. The maximum atomic E-state index is 12.7. The molecule has 1 atom stereocenters. The van der Waals surface area contributed by atoms with Gasteiger partial charge in [0.1, 0.15) is 6.17 Å². The molecule has 1 saturated carbocycles. The van der Waals surface area contributed by atoms with Gasteiger partial charge in [-0.1, -0.05) is 0 Å². The Morgan fingerprint density at radius 3 is 2.43 bits per heavy atom. The zero-order chi connectivity index (χ0) is 10.6. The van der Waals surface area contributed by atoms with Crippen molar-refractivity contribution < 1.29 is 19.4 Å². The van der Waals surface area contributed by atoms with Gasteiger partial charge in [0.15, 0.2) is 0 Å². The summed E-state index contributed by atoms with van der Waals surface area (Å²) < 4.78 is 12.7. The summed E-state index contributed by atoms with van der Waals surface area (Å²) in [7, 11) is 0. The van der Waals surface area contributed by atoms with Gasteiger partial charge >= 0.3 is 5.97 Å². The summed E-state index contributed by atoms with van der Waals surface area (Å²) in [5, 5.41) is 17.8. The molecular formula is C10H17FO3. The van der Waals surface area contributed by atoms with Crippen LogP contribution in [0.3, 0.4) is 0 Å². The Morgan fingerprint density at radius 1 is 1.36 bits per heavy atom. The Bertz CT molecular complexity index is 188. The van der Waals surface area contributed by atoms with Crippen molar-refractivity contribution in [3.05, 3.63) is 0 Å². The molecule has 0 aromatic rings. The van der Waals surface area contributed by atoms with Crippen LogP contribution in [0.1, 0.15) is 38.5 Å². The van der Waals surface area contributed by atoms with E-state index in [4.69, 9.17) is 5.11 Å². The standard InChI is InChI=1S/C10H17FO3/c11-8-3-1-7(2-4-8)5-9(12)6-10(13)14/h7-9,12H,1-6H2,(H,13,14). The normalized spacial score (nSPS) is 29.9. The van der Waals surface area contributed by atoms with E-state index in [2.05, 4.69) is 0 Å². The fourth-order valence-electron chi connectivity index (χ4n) is 2.03. The second kappa shape index (κ2) is 5.29. The molecule has 0 aliphatic heterocycles. The molecule has 14 heavy (non-hydrogen) atoms. The number of rotatable bonds is 4. The summed E-state index contributed by atoms with van der Waals surface area (Å²) in [5.41, 5.74) is 0. The van der Waals surface area contributed by atoms with Crippen molar-refractivity contribution in [2.75, 3.05) is 0 Å². The third-order valence-corrected chi connectivity index (χ3v) is 2.79. The number of hydrogen-bond acceptors (Lipinski definition) is 2. The summed E-state index contributed by atoms with van der Waals surface area (Å²) in [6.07, 6.45) is 1.51. The van der Waals surface area contributed by atoms with Crippen LogP contribution in [0.2, 0.25) is 0 Å². The predicted octanol–water partition coefficient (Wildman–Crippen LogP) is 1.74. The molecule has 0 aromatic carbocycles. The molecule has 0 aromatic heterocycles. The lowest BCUT2D eigenvalue weighted by Crippen LogP contribution is -2.22. The van der Waals surface area contributed by atoms with Crippen LogP contribution in [0.25, 0.3) is 0 Å². The fourth-order valence-corrected chi connectivity index (χ4v) is 2.03. The first-order valence-corrected chi connectivity index (χ1v) is 5.12. The molecule has 2 N–H and O–H groups in total. The van der Waals surface area contributed by atoms with Crippen molar-refractivity contribution in [1.82, 2.24) is 0 Å². The molecule has 1 aliphatic carbocycles. The Kier molecular flexibility index (Phi) is 4.32. The number of aliphatic hydroxyl groups excluding tert-OH is 1. The molecule has 1 rings (SSSR count). The van der Waals surface area contributed by atoms with E-state index < -0.39 is 18.2 Å². The fraction of sp³-hybridized carbons (Fsp3) is 0.900. The lowest BCUT2D eigenvalue weighted by Gasteiger charge is -2.25. The van der Waals surface area contributed by atoms with Gasteiger partial charge in [0.25, 0.3) is 0 Å². The van der Waals surface area contributed by atoms with Crippen LogP contribution >= 0.6 is 0 Å². The number of carboxylic acids is 1. The van der Waals surface area contributed by atoms with Gasteiger partial charge in [0.05, 0.1) is 12.5 Å². The van der Waals surface area contributed by atoms with Gasteiger partial charge in [-0.3, -0.25) is 4.79 Å². The van der Waals surface area contributed by atoms with E-state index in [9.17, 15) is 14.3 Å². The van der Waals surface area contributed by atoms with Crippen molar-refractivity contribution in [3.63, 3.8) is 0 Å². The smallest absolute Gasteiger partial charge is 0.305 e. The Balaban J connectivity index is 2.20. The molecule has 1 unspecified atom stereocenters. The van der Waals surface area contributed by atoms with Crippen LogP contribution in [0, 0.1) is 5.92 Å². The first-order valence-electron chi connectivity index (χ1n) is 5.12. The molecule has 82 valence electrons. The zero-order valence-corrected chi connectivity index (χ0v) is 8.16. The average molecular weight is 204 g/mol. The minimum Gasteiger partial charge on any atom is -0.481 e. The zero-order valence-electron chi connectivity index (χ0n) is 8.16. The summed E-state index contributed by atoms with van der Waals surface area (Å²) >= 11 is 0. The molecule has 0 heterocycles. The summed E-state index contributed by atoms with van der Waals surface area (Å²) in [5.74, 6) is -0.673. The van der Waals surface area contributed by atoms with E-state index in [1.165, 1.54) is 0 Å². The van der Waals surface area contributed by atoms with Crippen molar-refractivity contribution in [2.24, 2.45) is 5.92 Å². The Morgan fingerprint density at radius 2 is 1.93 bits per heavy atom. The van der Waals surface area contributed by atoms with Gasteiger partial charge in [-0.15, -0.1) is 0 Å². The highest BCUT2D eigenvalue weighted by Gasteiger charge is 2.23. The number of halogens is 1. The van der Waals surface area contributed by atoms with Crippen molar-refractivity contribution in [3.8, 4) is 0 Å². The molecule has 4 heteroatoms. The van der Waals surface area contributed by atoms with Gasteiger partial charge in [-0.2, -0.15) is 0 Å². The number of carbonyl (C=O) groups is 1. The largest absolute Gasteiger partial charge is 0.481 e. The van der Waals surface area contributed by atoms with Gasteiger partial charge in [-0.05, 0) is 38.0 Å². The second-order valence-electron chi connectivity index (χ2n) is 4.11. The molecule has 1 aliphatic rings. The van der Waals surface area contributed by atoms with E-state index in [0.717, 1.165) is 12.8 Å². The van der Waals surface area contributed by atoms with E-state index in [1.807, 2.05) is 0 Å². The van der Waals surface area contributed by atoms with Gasteiger partial charge in [-0.25, -0.2) is 4.39 Å². The SMILES string of the molecule is O=C(O)CC(O)CC1CCC(F)CC1. The molecule has 0 amide bonds. The molecule has 1 fully saturated rings. The minimum absolute atomic E-state index is 0.199. The maximum Gasteiger partial charge on any atom is 0.305 e. The highest BCUT2D eigenvalue weighted by molar-refractivity contribution is 5.67. The van der Waals surface area contributed by atoms with Crippen LogP contribution in [-0.4, -0.2) is 28.5 Å². The van der Waals surface area contributed by atoms with Crippen molar-refractivity contribution in [1.29, 1.82) is 0 Å². The molecule has 0 radical (unpaired) electrons. The van der Waals surface area contributed by atoms with E-state index in [0.29, 0.717) is 25.2 Å². The highest BCUT2D eigenvalue weighted by Crippen LogP contribution is 2.29. The number of aliphatic hydroxyl groups is 1. The third-order valence-electron chi connectivity index (χ3n) is 2.79. The van der Waals surface area contributed by atoms with Crippen LogP contribution in [0.15, 0.2) is 0 Å². The quantitative estimate of drug-likeness (QED) is 0.733. The Labute approximate surface area is 82.9 Å². The predicted molar refractivity (Wildman–Crippen MR) is 49.7 cm³/mol. The molecule has 0 bridgehead atoms. The topological polar surface area (TPSA) is 57.5 Å². The van der Waals surface area contributed by atoms with Crippen LogP contribution < -0.4 is 0 Å². The second-order valence-corrected chi connectivity index (χ2v) is 4.11. The summed E-state index contributed by atoms with van der Waals surface area (Å²) in [6.45, 7) is 0. The number of alkyl halides is 1. The summed E-state index contributed by atoms with van der Waals surface area (Å²) in [6, 6.07) is 0. The molecule has 0 spiro atoms. The lowest BCUT2D eigenvalue weighted by molar-refractivity contribution is -0.139. The van der Waals surface area contributed by atoms with Crippen molar-refractivity contribution >= 4 is 5.97 Å². The van der Waals surface area contributed by atoms with Crippen molar-refractivity contribution in [2.45, 2.75) is 50.8 Å². The molecule has 3 nitrogen and oxygen atoms in total. The van der Waals surface area contributed by atoms with Gasteiger partial charge in [0.2, 0.25) is 0 Å². The number of hydrogen-bond donors (Lipinski definition) is 2. The van der Waals surface area contributed by atoms with Gasteiger partial charge in [0, 0.05) is 0 Å². The number of carboxylic acid groups (broad SMARTS) is 1. The summed E-state index contributed by atoms with van der Waals surface area (Å²) in [4.78, 5) is 10.3. The van der Waals surface area contributed by atoms with Crippen LogP contribution in [-0.2, 0) is 4.79 Å². The highest BCUT2D eigenvalue weighted by atomic mass is 19.1. The molecule has 0 saturated heterocycles.